The van der Waals surface area contributed by atoms with Crippen LogP contribution in [0.2, 0.25) is 0 Å². The van der Waals surface area contributed by atoms with Crippen LogP contribution in [0.5, 0.6) is 5.75 Å². The molecule has 0 spiro atoms. The lowest BCUT2D eigenvalue weighted by atomic mass is 9.91. The summed E-state index contributed by atoms with van der Waals surface area (Å²) >= 11 is 0. The molecule has 0 radical (unpaired) electrons. The fourth-order valence-electron chi connectivity index (χ4n) is 9.19. The topological polar surface area (TPSA) is 299 Å². The molecule has 0 aliphatic carbocycles. The van der Waals surface area contributed by atoms with E-state index >= 15 is 0 Å². The van der Waals surface area contributed by atoms with E-state index in [1.165, 1.54) is 13.4 Å². The van der Waals surface area contributed by atoms with Gasteiger partial charge in [0.05, 0.1) is 24.7 Å². The van der Waals surface area contributed by atoms with Gasteiger partial charge >= 0.3 is 18.2 Å². The summed E-state index contributed by atoms with van der Waals surface area (Å²) in [6, 6.07) is 4.63. The van der Waals surface area contributed by atoms with Gasteiger partial charge in [0.2, 0.25) is 23.6 Å². The summed E-state index contributed by atoms with van der Waals surface area (Å²) < 4.78 is 33.4. The first-order valence-electron chi connectivity index (χ1n) is 28.7. The van der Waals surface area contributed by atoms with Crippen molar-refractivity contribution < 1.29 is 71.9 Å². The minimum atomic E-state index is -1.02. The Balaban J connectivity index is 1.57. The van der Waals surface area contributed by atoms with Crippen molar-refractivity contribution >= 4 is 41.8 Å². The van der Waals surface area contributed by atoms with Crippen LogP contribution >= 0.6 is 0 Å². The van der Waals surface area contributed by atoms with Crippen molar-refractivity contribution in [2.45, 2.75) is 182 Å². The number of nitrogens with zero attached hydrogens (tertiary/aromatic N) is 3. The van der Waals surface area contributed by atoms with Crippen LogP contribution in [-0.4, -0.2) is 170 Å². The number of hydrogen-bond acceptors (Lipinski definition) is 16. The van der Waals surface area contributed by atoms with Crippen LogP contribution in [0, 0.1) is 17.8 Å². The van der Waals surface area contributed by atoms with Gasteiger partial charge in [0.15, 0.2) is 12.0 Å². The molecule has 1 aliphatic heterocycles. The highest BCUT2D eigenvalue weighted by atomic mass is 16.7. The van der Waals surface area contributed by atoms with E-state index in [9.17, 15) is 43.8 Å². The number of aromatic nitrogens is 1. The normalized spacial score (nSPS) is 16.7. The highest BCUT2D eigenvalue weighted by Crippen LogP contribution is 2.30. The number of carbonyl (C=O) groups is 7. The van der Waals surface area contributed by atoms with Gasteiger partial charge < -0.3 is 69.8 Å². The van der Waals surface area contributed by atoms with Gasteiger partial charge in [-0.05, 0) is 101 Å². The lowest BCUT2D eigenvalue weighted by Crippen LogP contribution is -2.58. The van der Waals surface area contributed by atoms with Crippen LogP contribution in [0.4, 0.5) is 9.59 Å². The van der Waals surface area contributed by atoms with E-state index in [1.807, 2.05) is 60.4 Å². The van der Waals surface area contributed by atoms with Crippen molar-refractivity contribution in [2.75, 3.05) is 66.7 Å². The molecule has 452 valence electrons. The van der Waals surface area contributed by atoms with Gasteiger partial charge in [0.25, 0.3) is 5.91 Å². The lowest BCUT2D eigenvalue weighted by Gasteiger charge is -2.40. The molecule has 2 heterocycles. The van der Waals surface area contributed by atoms with E-state index in [2.05, 4.69) is 36.5 Å². The fraction of sp³-hybridized carbons (Fsp3) is 0.719. The van der Waals surface area contributed by atoms with Crippen LogP contribution < -0.4 is 31.3 Å². The molecule has 6 amide bonds. The van der Waals surface area contributed by atoms with Crippen molar-refractivity contribution in [3.8, 4) is 5.75 Å². The predicted molar refractivity (Wildman–Crippen MR) is 298 cm³/mol. The summed E-state index contributed by atoms with van der Waals surface area (Å²) in [5.74, 6) is -2.69. The minimum Gasteiger partial charge on any atom is -0.481 e. The number of amides is 6. The SMILES string of the molecule is CCCO[C@H](C[C@H](C(C)C)N(CCC)C(=O)[C@@H](NC(=O)[C@H]1CCCCN1C)[C@@H](C)CC)c1nc(C(=O)N[C@@H](Cc2ccc(OC(=O)NCCCCNC(=O)CCNC(=O)OCC(OC)OC(CC)CO)cc2)C[C@H](C)C(=O)O)co1. The maximum atomic E-state index is 14.7. The number of aliphatic hydroxyl groups is 1. The Bertz CT molecular complexity index is 2180. The van der Waals surface area contributed by atoms with Crippen LogP contribution in [0.25, 0.3) is 0 Å². The standard InChI is InChI=1S/C57H94N8O15/c1-11-28-65(54(70)50(38(7)13-3)63-52(69)45-19-15-18-29-64(45)9)46(37(5)6)33-47(76-30-12-2)53-62-44(35-77-53)51(68)61-41(31-39(8)55(71)72)32-40-20-22-43(23-21-40)80-57(74)59-26-17-16-25-58-48(67)24-27-60-56(73)78-36-49(75-10)79-42(14-4)34-66/h20-23,35,37-39,41-42,45-47,49-50,66H,11-19,24-34,36H2,1-10H3,(H,58,67)(H,59,74)(H,60,73)(H,61,68)(H,63,69)(H,71,72)/t38-,39-,41+,42?,45+,46+,47+,49?,50-/m0/s1. The highest BCUT2D eigenvalue weighted by molar-refractivity contribution is 5.92. The molecule has 9 atom stereocenters. The number of ether oxygens (including phenoxy) is 5. The third-order valence-corrected chi connectivity index (χ3v) is 14.2. The van der Waals surface area contributed by atoms with Gasteiger partial charge in [-0.25, -0.2) is 14.6 Å². The second kappa shape index (κ2) is 37.2. The maximum absolute atomic E-state index is 14.7. The van der Waals surface area contributed by atoms with E-state index < -0.39 is 60.6 Å². The van der Waals surface area contributed by atoms with Gasteiger partial charge in [0.1, 0.15) is 30.8 Å². The number of likely N-dealkylation sites (tertiary alicyclic amines) is 1. The van der Waals surface area contributed by atoms with Gasteiger partial charge in [-0.1, -0.05) is 80.4 Å². The number of hydrogen-bond donors (Lipinski definition) is 7. The van der Waals surface area contributed by atoms with Crippen LogP contribution in [0.1, 0.15) is 160 Å². The lowest BCUT2D eigenvalue weighted by molar-refractivity contribution is -0.181. The summed E-state index contributed by atoms with van der Waals surface area (Å²) in [4.78, 5) is 99.7. The molecular weight excluding hydrogens is 1040 g/mol. The molecule has 80 heavy (non-hydrogen) atoms. The number of methoxy groups -OCH3 is 1. The predicted octanol–water partition coefficient (Wildman–Crippen LogP) is 6.12. The number of unbranched alkanes of at least 4 members (excludes halogenated alkanes) is 1. The monoisotopic (exact) mass is 1130 g/mol. The van der Waals surface area contributed by atoms with Crippen LogP contribution in [-0.2, 0) is 44.5 Å². The molecule has 2 unspecified atom stereocenters. The zero-order chi connectivity index (χ0) is 59.1. The molecule has 2 aromatic rings. The number of likely N-dealkylation sites (N-methyl/N-ethyl adjacent to an activating group) is 1. The number of carbonyl (C=O) groups excluding carboxylic acids is 6. The van der Waals surface area contributed by atoms with E-state index in [4.69, 9.17) is 28.1 Å². The zero-order valence-corrected chi connectivity index (χ0v) is 49.1. The van der Waals surface area contributed by atoms with Gasteiger partial charge in [0, 0.05) is 64.8 Å². The van der Waals surface area contributed by atoms with E-state index in [0.29, 0.717) is 64.6 Å². The number of aliphatic hydroxyl groups excluding tert-OH is 1. The summed E-state index contributed by atoms with van der Waals surface area (Å²) in [6.45, 7) is 17.4. The molecule has 1 saturated heterocycles. The Kier molecular flexibility index (Phi) is 31.8. The summed E-state index contributed by atoms with van der Waals surface area (Å²) in [5, 5.41) is 33.1. The number of oxazole rings is 1. The van der Waals surface area contributed by atoms with Crippen molar-refractivity contribution in [3.63, 3.8) is 0 Å². The molecule has 3 rings (SSSR count). The number of nitrogens with one attached hydrogen (secondary N) is 5. The van der Waals surface area contributed by atoms with Crippen LogP contribution in [0.15, 0.2) is 34.9 Å². The number of carboxylic acid groups (broad SMARTS) is 1. The summed E-state index contributed by atoms with van der Waals surface area (Å²) in [5.41, 5.74) is 0.711. The van der Waals surface area contributed by atoms with E-state index in [1.54, 1.807) is 31.2 Å². The molecule has 23 nitrogen and oxygen atoms in total. The first-order chi connectivity index (χ1) is 38.3. The number of carboxylic acids is 1. The molecule has 0 saturated carbocycles. The molecule has 1 aromatic carbocycles. The number of piperidine rings is 1. The number of alkyl carbamates (subject to hydrolysis) is 1. The smallest absolute Gasteiger partial charge is 0.412 e. The van der Waals surface area contributed by atoms with Crippen molar-refractivity contribution in [1.82, 2.24) is 41.4 Å². The third-order valence-electron chi connectivity index (χ3n) is 14.2. The highest BCUT2D eigenvalue weighted by Gasteiger charge is 2.39. The second-order valence-electron chi connectivity index (χ2n) is 21.0. The number of rotatable bonds is 38. The average molecular weight is 1130 g/mol. The molecular formula is C57H94N8O15. The van der Waals surface area contributed by atoms with Gasteiger partial charge in [-0.2, -0.15) is 0 Å². The van der Waals surface area contributed by atoms with Gasteiger partial charge in [-0.15, -0.1) is 0 Å². The summed E-state index contributed by atoms with van der Waals surface area (Å²) in [7, 11) is 3.34. The van der Waals surface area contributed by atoms with Gasteiger partial charge in [-0.3, -0.25) is 28.9 Å². The van der Waals surface area contributed by atoms with Crippen LogP contribution in [0.3, 0.4) is 0 Å². The quantitative estimate of drug-likeness (QED) is 0.0294. The largest absolute Gasteiger partial charge is 0.481 e. The molecule has 7 N–H and O–H groups in total. The molecule has 0 bridgehead atoms. The number of benzene rings is 1. The number of aliphatic carboxylic acids is 1. The minimum absolute atomic E-state index is 0.0236. The molecule has 1 aromatic heterocycles. The first-order valence-corrected chi connectivity index (χ1v) is 28.7. The second-order valence-corrected chi connectivity index (χ2v) is 21.0. The Labute approximate surface area is 473 Å². The Morgan fingerprint density at radius 3 is 2.19 bits per heavy atom. The average Bonchev–Trinajstić information content (AvgIpc) is 3.95. The van der Waals surface area contributed by atoms with Crippen molar-refractivity contribution in [3.05, 3.63) is 47.7 Å². The van der Waals surface area contributed by atoms with E-state index in [0.717, 1.165) is 31.4 Å². The molecule has 23 heteroatoms. The zero-order valence-electron chi connectivity index (χ0n) is 49.1. The van der Waals surface area contributed by atoms with Crippen molar-refractivity contribution in [2.24, 2.45) is 17.8 Å². The van der Waals surface area contributed by atoms with E-state index in [-0.39, 0.29) is 105 Å². The first kappa shape index (κ1) is 68.4. The third kappa shape index (κ3) is 24.1. The maximum Gasteiger partial charge on any atom is 0.412 e. The fourth-order valence-corrected chi connectivity index (χ4v) is 9.19. The Hall–Kier alpha value is -5.88. The summed E-state index contributed by atoms with van der Waals surface area (Å²) in [6.07, 6.45) is 4.93. The Morgan fingerprint density at radius 1 is 0.875 bits per heavy atom. The molecule has 1 fully saturated rings. The molecule has 1 aliphatic rings. The van der Waals surface area contributed by atoms with Crippen molar-refractivity contribution in [1.29, 1.82) is 0 Å². The Morgan fingerprint density at radius 2 is 1.57 bits per heavy atom.